The Balaban J connectivity index is 2.01. The third kappa shape index (κ3) is 5.97. The molecule has 2 aliphatic rings. The SMILES string of the molecule is CC1(C)CC(c2c(C(=O)O)ccc(-c3ccc(C(=O)O)cc3)c2C2CC(C)(C)NC(C)(C)C2)CC(C)(C)N1. The van der Waals surface area contributed by atoms with Crippen LogP contribution in [0.15, 0.2) is 36.4 Å². The number of nitrogens with one attached hydrogen (secondary N) is 2. The van der Waals surface area contributed by atoms with E-state index in [1.54, 1.807) is 18.2 Å². The van der Waals surface area contributed by atoms with Gasteiger partial charge in [0.15, 0.2) is 0 Å². The Kier molecular flexibility index (Phi) is 7.07. The number of benzene rings is 2. The molecule has 6 heteroatoms. The van der Waals surface area contributed by atoms with Crippen molar-refractivity contribution in [2.24, 2.45) is 0 Å². The van der Waals surface area contributed by atoms with Gasteiger partial charge in [0.1, 0.15) is 0 Å². The predicted molar refractivity (Wildman–Crippen MR) is 152 cm³/mol. The summed E-state index contributed by atoms with van der Waals surface area (Å²) in [5, 5.41) is 27.4. The number of carboxylic acids is 2. The monoisotopic (exact) mass is 520 g/mol. The van der Waals surface area contributed by atoms with Gasteiger partial charge in [-0.3, -0.25) is 0 Å². The summed E-state index contributed by atoms with van der Waals surface area (Å²) in [5.41, 5.74) is 4.09. The Bertz CT molecular complexity index is 1210. The van der Waals surface area contributed by atoms with Gasteiger partial charge >= 0.3 is 11.9 Å². The standard InChI is InChI=1S/C32H44N2O4/c1-29(2)15-21(16-30(3,4)33-29)25-23(19-9-11-20(12-10-19)27(35)36)13-14-24(28(37)38)26(25)22-17-31(5,6)34-32(7,8)18-22/h9-14,21-22,33-34H,15-18H2,1-8H3,(H,35,36)(H,37,38). The zero-order valence-electron chi connectivity index (χ0n) is 24.2. The van der Waals surface area contributed by atoms with Gasteiger partial charge in [0.05, 0.1) is 11.1 Å². The minimum atomic E-state index is -0.959. The van der Waals surface area contributed by atoms with Gasteiger partial charge in [-0.05, 0) is 133 Å². The van der Waals surface area contributed by atoms with Gasteiger partial charge in [-0.15, -0.1) is 0 Å². The smallest absolute Gasteiger partial charge is 0.335 e. The molecule has 0 aliphatic carbocycles. The third-order valence-corrected chi connectivity index (χ3v) is 8.16. The molecule has 2 aliphatic heterocycles. The highest BCUT2D eigenvalue weighted by Gasteiger charge is 2.44. The van der Waals surface area contributed by atoms with Crippen molar-refractivity contribution in [3.8, 4) is 11.1 Å². The molecule has 4 rings (SSSR count). The maximum Gasteiger partial charge on any atom is 0.335 e. The number of carboxylic acid groups (broad SMARTS) is 2. The van der Waals surface area contributed by atoms with Crippen LogP contribution in [-0.4, -0.2) is 44.3 Å². The van der Waals surface area contributed by atoms with E-state index in [1.807, 2.05) is 18.2 Å². The van der Waals surface area contributed by atoms with Crippen LogP contribution in [0.5, 0.6) is 0 Å². The molecule has 0 unspecified atom stereocenters. The fraction of sp³-hybridized carbons (Fsp3) is 0.562. The molecule has 2 saturated heterocycles. The lowest BCUT2D eigenvalue weighted by molar-refractivity contribution is 0.0683. The van der Waals surface area contributed by atoms with E-state index in [2.05, 4.69) is 66.0 Å². The fourth-order valence-corrected chi connectivity index (χ4v) is 7.80. The normalized spacial score (nSPS) is 22.6. The van der Waals surface area contributed by atoms with Gasteiger partial charge in [-0.1, -0.05) is 18.2 Å². The number of carbonyl (C=O) groups is 2. The maximum absolute atomic E-state index is 12.8. The summed E-state index contributed by atoms with van der Waals surface area (Å²) in [6.07, 6.45) is 3.43. The van der Waals surface area contributed by atoms with E-state index >= 15 is 0 Å². The summed E-state index contributed by atoms with van der Waals surface area (Å²) in [5.74, 6) is -1.64. The van der Waals surface area contributed by atoms with Crippen LogP contribution in [0.2, 0.25) is 0 Å². The molecule has 0 bridgehead atoms. The third-order valence-electron chi connectivity index (χ3n) is 8.16. The second-order valence-electron chi connectivity index (χ2n) is 14.2. The number of piperidine rings is 2. The van der Waals surface area contributed by atoms with Crippen LogP contribution in [0.3, 0.4) is 0 Å². The van der Waals surface area contributed by atoms with Gasteiger partial charge in [-0.2, -0.15) is 0 Å². The lowest BCUT2D eigenvalue weighted by atomic mass is 9.65. The number of aromatic carboxylic acids is 2. The summed E-state index contributed by atoms with van der Waals surface area (Å²) in [6, 6.07) is 10.7. The zero-order chi connectivity index (χ0) is 28.3. The van der Waals surface area contributed by atoms with E-state index in [0.29, 0.717) is 5.56 Å². The molecular formula is C32H44N2O4. The zero-order valence-corrected chi connectivity index (χ0v) is 24.2. The number of rotatable bonds is 5. The molecule has 6 nitrogen and oxygen atoms in total. The summed E-state index contributed by atoms with van der Waals surface area (Å²) in [6.45, 7) is 17.7. The Morgan fingerprint density at radius 2 is 1.05 bits per heavy atom. The predicted octanol–water partition coefficient (Wildman–Crippen LogP) is 6.80. The molecule has 2 aromatic rings. The summed E-state index contributed by atoms with van der Waals surface area (Å²) >= 11 is 0. The van der Waals surface area contributed by atoms with Crippen molar-refractivity contribution < 1.29 is 19.8 Å². The van der Waals surface area contributed by atoms with Crippen molar-refractivity contribution in [1.29, 1.82) is 0 Å². The molecule has 0 radical (unpaired) electrons. The van der Waals surface area contributed by atoms with Crippen molar-refractivity contribution in [2.45, 2.75) is 115 Å². The minimum absolute atomic E-state index is 0.0710. The topological polar surface area (TPSA) is 98.7 Å². The largest absolute Gasteiger partial charge is 0.478 e. The number of hydrogen-bond donors (Lipinski definition) is 4. The highest BCUT2D eigenvalue weighted by molar-refractivity contribution is 5.92. The minimum Gasteiger partial charge on any atom is -0.478 e. The lowest BCUT2D eigenvalue weighted by Crippen LogP contribution is -2.58. The molecule has 4 N–H and O–H groups in total. The van der Waals surface area contributed by atoms with Crippen LogP contribution < -0.4 is 10.6 Å². The van der Waals surface area contributed by atoms with Crippen LogP contribution >= 0.6 is 0 Å². The molecule has 0 atom stereocenters. The highest BCUT2D eigenvalue weighted by atomic mass is 16.4. The van der Waals surface area contributed by atoms with Crippen LogP contribution in [0.1, 0.15) is 125 Å². The molecule has 0 saturated carbocycles. The van der Waals surface area contributed by atoms with Crippen LogP contribution in [0.25, 0.3) is 11.1 Å². The summed E-state index contributed by atoms with van der Waals surface area (Å²) in [4.78, 5) is 24.3. The Morgan fingerprint density at radius 1 is 0.632 bits per heavy atom. The summed E-state index contributed by atoms with van der Waals surface area (Å²) < 4.78 is 0. The first-order valence-corrected chi connectivity index (χ1v) is 13.7. The van der Waals surface area contributed by atoms with E-state index in [1.165, 1.54) is 0 Å². The molecule has 0 aromatic heterocycles. The van der Waals surface area contributed by atoms with Gasteiger partial charge in [0, 0.05) is 22.2 Å². The first-order chi connectivity index (χ1) is 17.4. The fourth-order valence-electron chi connectivity index (χ4n) is 7.80. The first-order valence-electron chi connectivity index (χ1n) is 13.7. The lowest BCUT2D eigenvalue weighted by Gasteiger charge is -2.50. The molecule has 0 spiro atoms. The van der Waals surface area contributed by atoms with Crippen molar-refractivity contribution in [3.05, 3.63) is 58.7 Å². The maximum atomic E-state index is 12.8. The molecule has 2 fully saturated rings. The summed E-state index contributed by atoms with van der Waals surface area (Å²) in [7, 11) is 0. The van der Waals surface area contributed by atoms with E-state index in [-0.39, 0.29) is 39.6 Å². The van der Waals surface area contributed by atoms with E-state index in [9.17, 15) is 19.8 Å². The second-order valence-corrected chi connectivity index (χ2v) is 14.2. The van der Waals surface area contributed by atoms with Crippen molar-refractivity contribution in [3.63, 3.8) is 0 Å². The van der Waals surface area contributed by atoms with Gasteiger partial charge in [0.2, 0.25) is 0 Å². The number of hydrogen-bond acceptors (Lipinski definition) is 4. The van der Waals surface area contributed by atoms with Crippen molar-refractivity contribution in [1.82, 2.24) is 10.6 Å². The van der Waals surface area contributed by atoms with Crippen LogP contribution in [-0.2, 0) is 0 Å². The molecule has 206 valence electrons. The molecule has 2 heterocycles. The Hall–Kier alpha value is -2.70. The van der Waals surface area contributed by atoms with E-state index in [0.717, 1.165) is 47.9 Å². The molecule has 38 heavy (non-hydrogen) atoms. The molecule has 0 amide bonds. The van der Waals surface area contributed by atoms with Crippen LogP contribution in [0.4, 0.5) is 0 Å². The van der Waals surface area contributed by atoms with Crippen molar-refractivity contribution >= 4 is 11.9 Å². The average Bonchev–Trinajstić information content (AvgIpc) is 2.73. The Labute approximate surface area is 227 Å². The quantitative estimate of drug-likeness (QED) is 0.346. The second kappa shape index (κ2) is 9.49. The van der Waals surface area contributed by atoms with Gasteiger partial charge in [0.25, 0.3) is 0 Å². The van der Waals surface area contributed by atoms with Crippen molar-refractivity contribution in [2.75, 3.05) is 0 Å². The molecule has 2 aromatic carbocycles. The molecular weight excluding hydrogens is 476 g/mol. The highest BCUT2D eigenvalue weighted by Crippen LogP contribution is 2.50. The van der Waals surface area contributed by atoms with E-state index in [4.69, 9.17) is 0 Å². The first kappa shape index (κ1) is 28.3. The Morgan fingerprint density at radius 3 is 1.45 bits per heavy atom. The van der Waals surface area contributed by atoms with Gasteiger partial charge in [-0.25, -0.2) is 9.59 Å². The average molecular weight is 521 g/mol. The van der Waals surface area contributed by atoms with Crippen LogP contribution in [0, 0.1) is 0 Å². The van der Waals surface area contributed by atoms with Gasteiger partial charge < -0.3 is 20.8 Å². The van der Waals surface area contributed by atoms with E-state index < -0.39 is 11.9 Å².